The Morgan fingerprint density at radius 2 is 1.84 bits per heavy atom. The van der Waals surface area contributed by atoms with Gasteiger partial charge in [-0.05, 0) is 25.1 Å². The fraction of sp³-hybridized carbons (Fsp3) is 0.158. The first-order chi connectivity index (χ1) is 12.1. The number of rotatable bonds is 6. The van der Waals surface area contributed by atoms with Crippen molar-refractivity contribution in [3.8, 4) is 5.75 Å². The van der Waals surface area contributed by atoms with E-state index in [0.29, 0.717) is 10.5 Å². The molecular formula is C19H21FN2O2S. The van der Waals surface area contributed by atoms with Gasteiger partial charge in [0.25, 0.3) is 5.91 Å². The monoisotopic (exact) mass is 360 g/mol. The Labute approximate surface area is 151 Å². The molecule has 6 heteroatoms. The van der Waals surface area contributed by atoms with Crippen molar-refractivity contribution in [1.29, 1.82) is 5.41 Å². The smallest absolute Gasteiger partial charge is 0.257 e. The lowest BCUT2D eigenvalue weighted by Gasteiger charge is -2.06. The Bertz CT molecular complexity index is 706. The third-order valence-electron chi connectivity index (χ3n) is 2.99. The zero-order chi connectivity index (χ0) is 18.5. The minimum Gasteiger partial charge on any atom is -0.489 e. The van der Waals surface area contributed by atoms with Gasteiger partial charge in [0.2, 0.25) is 0 Å². The van der Waals surface area contributed by atoms with E-state index in [9.17, 15) is 9.18 Å². The number of allylic oxidation sites excluding steroid dienone is 1. The van der Waals surface area contributed by atoms with Gasteiger partial charge in [0, 0.05) is 12.6 Å². The van der Waals surface area contributed by atoms with Gasteiger partial charge in [-0.25, -0.2) is 4.39 Å². The molecule has 0 heterocycles. The first-order valence-electron chi connectivity index (χ1n) is 7.57. The molecule has 0 unspecified atom stereocenters. The fourth-order valence-corrected chi connectivity index (χ4v) is 2.20. The maximum Gasteiger partial charge on any atom is 0.257 e. The lowest BCUT2D eigenvalue weighted by atomic mass is 10.2. The third kappa shape index (κ3) is 7.67. The van der Waals surface area contributed by atoms with Gasteiger partial charge in [-0.2, -0.15) is 0 Å². The molecule has 0 spiro atoms. The van der Waals surface area contributed by atoms with Crippen LogP contribution in [0.2, 0.25) is 0 Å². The van der Waals surface area contributed by atoms with Crippen LogP contribution in [0.1, 0.15) is 12.5 Å². The molecule has 25 heavy (non-hydrogen) atoms. The summed E-state index contributed by atoms with van der Waals surface area (Å²) < 4.78 is 18.6. The molecule has 0 radical (unpaired) electrons. The van der Waals surface area contributed by atoms with Crippen LogP contribution in [0.5, 0.6) is 5.75 Å². The minimum absolute atomic E-state index is 0.143. The first kappa shape index (κ1) is 20.4. The number of likely N-dealkylation sites (N-methyl/N-ethyl adjacent to an activating group) is 1. The van der Waals surface area contributed by atoms with Crippen LogP contribution in [0, 0.1) is 11.2 Å². The summed E-state index contributed by atoms with van der Waals surface area (Å²) in [6.07, 6.45) is 1.68. The molecule has 0 bridgehead atoms. The summed E-state index contributed by atoms with van der Waals surface area (Å²) >= 11 is 1.10. The van der Waals surface area contributed by atoms with Gasteiger partial charge >= 0.3 is 0 Å². The quantitative estimate of drug-likeness (QED) is 0.456. The number of ether oxygens (including phenoxy) is 1. The molecule has 2 aromatic rings. The van der Waals surface area contributed by atoms with Gasteiger partial charge in [0.05, 0.1) is 10.5 Å². The Balaban J connectivity index is 0.000000275. The average Bonchev–Trinajstić information content (AvgIpc) is 2.66. The summed E-state index contributed by atoms with van der Waals surface area (Å²) in [5.41, 5.74) is 1.70. The number of hydrogen-bond donors (Lipinski definition) is 2. The standard InChI is InChI=1S/C13H11FO.C6H10N2OS/c14-13-9-5-4-6-11(13)10-15-12-7-2-1-3-8-12;1-3-5(10-4-7)6(9)8-2/h1-9H,10H2;3-4,7H,1-2H3,(H,8,9)/b;5-3+,7-4?. The largest absolute Gasteiger partial charge is 0.489 e. The molecule has 0 aromatic heterocycles. The number of benzene rings is 2. The van der Waals surface area contributed by atoms with Crippen molar-refractivity contribution >= 4 is 23.2 Å². The van der Waals surface area contributed by atoms with Crippen molar-refractivity contribution in [3.05, 3.63) is 77.0 Å². The van der Waals surface area contributed by atoms with Gasteiger partial charge < -0.3 is 15.5 Å². The molecule has 1 amide bonds. The Kier molecular flexibility index (Phi) is 9.70. The van der Waals surface area contributed by atoms with Crippen LogP contribution in [0.4, 0.5) is 4.39 Å². The van der Waals surface area contributed by atoms with Crippen molar-refractivity contribution < 1.29 is 13.9 Å². The number of para-hydroxylation sites is 1. The lowest BCUT2D eigenvalue weighted by molar-refractivity contribution is -0.116. The van der Waals surface area contributed by atoms with E-state index in [1.165, 1.54) is 6.07 Å². The molecule has 0 atom stereocenters. The zero-order valence-electron chi connectivity index (χ0n) is 14.2. The first-order valence-corrected chi connectivity index (χ1v) is 8.45. The molecule has 132 valence electrons. The van der Waals surface area contributed by atoms with Crippen LogP contribution in [0.15, 0.2) is 65.6 Å². The topological polar surface area (TPSA) is 62.2 Å². The van der Waals surface area contributed by atoms with E-state index in [-0.39, 0.29) is 18.3 Å². The Morgan fingerprint density at radius 1 is 1.20 bits per heavy atom. The summed E-state index contributed by atoms with van der Waals surface area (Å²) in [7, 11) is 1.57. The number of halogens is 1. The van der Waals surface area contributed by atoms with E-state index < -0.39 is 0 Å². The van der Waals surface area contributed by atoms with Gasteiger partial charge in [-0.15, -0.1) is 0 Å². The zero-order valence-corrected chi connectivity index (χ0v) is 15.0. The maximum absolute atomic E-state index is 13.2. The molecule has 0 aliphatic carbocycles. The van der Waals surface area contributed by atoms with E-state index in [2.05, 4.69) is 5.32 Å². The molecular weight excluding hydrogens is 339 g/mol. The number of thioether (sulfide) groups is 1. The summed E-state index contributed by atoms with van der Waals surface area (Å²) in [6.45, 7) is 2.03. The predicted molar refractivity (Wildman–Crippen MR) is 101 cm³/mol. The van der Waals surface area contributed by atoms with Crippen LogP contribution in [0.3, 0.4) is 0 Å². The van der Waals surface area contributed by atoms with Crippen LogP contribution in [0.25, 0.3) is 0 Å². The summed E-state index contributed by atoms with van der Waals surface area (Å²) in [4.78, 5) is 11.4. The molecule has 0 saturated carbocycles. The normalized spacial score (nSPS) is 10.3. The van der Waals surface area contributed by atoms with Gasteiger partial charge in [0.1, 0.15) is 18.2 Å². The molecule has 4 nitrogen and oxygen atoms in total. The van der Waals surface area contributed by atoms with Crippen molar-refractivity contribution in [2.75, 3.05) is 7.05 Å². The van der Waals surface area contributed by atoms with Gasteiger partial charge in [0.15, 0.2) is 0 Å². The third-order valence-corrected chi connectivity index (χ3v) is 3.79. The number of nitrogens with one attached hydrogen (secondary N) is 2. The highest BCUT2D eigenvalue weighted by Gasteiger charge is 2.03. The van der Waals surface area contributed by atoms with Gasteiger partial charge in [-0.1, -0.05) is 54.2 Å². The molecule has 2 N–H and O–H groups in total. The Hall–Kier alpha value is -2.60. The molecule has 2 aromatic carbocycles. The van der Waals surface area contributed by atoms with Crippen molar-refractivity contribution in [2.45, 2.75) is 13.5 Å². The minimum atomic E-state index is -0.228. The summed E-state index contributed by atoms with van der Waals surface area (Å²) in [5, 5.41) is 9.19. The van der Waals surface area contributed by atoms with Crippen molar-refractivity contribution in [3.63, 3.8) is 0 Å². The number of hydrogen-bond acceptors (Lipinski definition) is 4. The average molecular weight is 360 g/mol. The summed E-state index contributed by atoms with van der Waals surface area (Å²) in [6, 6.07) is 16.0. The van der Waals surface area contributed by atoms with Crippen LogP contribution >= 0.6 is 11.8 Å². The number of amides is 1. The second-order valence-corrected chi connectivity index (χ2v) is 5.57. The van der Waals surface area contributed by atoms with E-state index in [0.717, 1.165) is 23.1 Å². The number of carbonyl (C=O) groups excluding carboxylic acids is 1. The second-order valence-electron chi connectivity index (χ2n) is 4.66. The van der Waals surface area contributed by atoms with Crippen LogP contribution in [-0.2, 0) is 11.4 Å². The van der Waals surface area contributed by atoms with Crippen LogP contribution in [-0.4, -0.2) is 18.5 Å². The fourth-order valence-electron chi connectivity index (χ4n) is 1.73. The van der Waals surface area contributed by atoms with Crippen LogP contribution < -0.4 is 10.1 Å². The highest BCUT2D eigenvalue weighted by Crippen LogP contribution is 2.13. The lowest BCUT2D eigenvalue weighted by Crippen LogP contribution is -2.18. The predicted octanol–water partition coefficient (Wildman–Crippen LogP) is 4.38. The molecule has 2 rings (SSSR count). The molecule has 0 aliphatic rings. The van der Waals surface area contributed by atoms with E-state index >= 15 is 0 Å². The summed E-state index contributed by atoms with van der Waals surface area (Å²) in [5.74, 6) is 0.380. The van der Waals surface area contributed by atoms with Crippen molar-refractivity contribution in [1.82, 2.24) is 5.32 Å². The Morgan fingerprint density at radius 3 is 2.40 bits per heavy atom. The van der Waals surface area contributed by atoms with Crippen molar-refractivity contribution in [2.24, 2.45) is 0 Å². The molecule has 0 fully saturated rings. The van der Waals surface area contributed by atoms with E-state index in [1.807, 2.05) is 30.3 Å². The second kappa shape index (κ2) is 11.9. The molecule has 0 aliphatic heterocycles. The number of carbonyl (C=O) groups is 1. The highest BCUT2D eigenvalue weighted by molar-refractivity contribution is 8.16. The van der Waals surface area contributed by atoms with E-state index in [4.69, 9.17) is 10.1 Å². The van der Waals surface area contributed by atoms with Gasteiger partial charge in [-0.3, -0.25) is 4.79 Å². The molecule has 0 saturated heterocycles. The highest BCUT2D eigenvalue weighted by atomic mass is 32.2. The SMILES string of the molecule is C/C=C(/SC=N)C(=O)NC.Fc1ccccc1COc1ccccc1. The maximum atomic E-state index is 13.2. The van der Waals surface area contributed by atoms with E-state index in [1.54, 1.807) is 38.2 Å².